The molecule has 0 amide bonds. The summed E-state index contributed by atoms with van der Waals surface area (Å²) < 4.78 is 22.8. The van der Waals surface area contributed by atoms with Gasteiger partial charge in [0.1, 0.15) is 30.9 Å². The van der Waals surface area contributed by atoms with E-state index in [-0.39, 0.29) is 19.0 Å². The zero-order valence-electron chi connectivity index (χ0n) is 15.2. The lowest BCUT2D eigenvalue weighted by Crippen LogP contribution is -2.17. The van der Waals surface area contributed by atoms with Crippen molar-refractivity contribution in [2.24, 2.45) is 0 Å². The van der Waals surface area contributed by atoms with Gasteiger partial charge in [0.25, 0.3) is 0 Å². The highest BCUT2D eigenvalue weighted by Crippen LogP contribution is 2.11. The lowest BCUT2D eigenvalue weighted by atomic mass is 10.2. The largest absolute Gasteiger partial charge is 0.491 e. The Kier molecular flexibility index (Phi) is 11.7. The van der Waals surface area contributed by atoms with E-state index >= 15 is 0 Å². The molecule has 1 rings (SSSR count). The van der Waals surface area contributed by atoms with Gasteiger partial charge >= 0.3 is 5.97 Å². The molecule has 3 N–H and O–H groups in total. The summed E-state index contributed by atoms with van der Waals surface area (Å²) in [5.41, 5.74) is 0. The van der Waals surface area contributed by atoms with Crippen molar-refractivity contribution in [3.8, 4) is 17.6 Å². The predicted octanol–water partition coefficient (Wildman–Crippen LogP) is 2.09. The zero-order chi connectivity index (χ0) is 20.6. The molecule has 2 atom stereocenters. The van der Waals surface area contributed by atoms with Crippen LogP contribution in [0.15, 0.2) is 60.7 Å². The summed E-state index contributed by atoms with van der Waals surface area (Å²) in [6, 6.07) is 5.51. The molecule has 0 radical (unpaired) electrons. The first kappa shape index (κ1) is 23.1. The van der Waals surface area contributed by atoms with Crippen LogP contribution in [0.5, 0.6) is 5.75 Å². The number of allylic oxidation sites excluding steroid dienone is 4. The highest BCUT2D eigenvalue weighted by Gasteiger charge is 2.03. The molecule has 150 valence electrons. The SMILES string of the molecule is O=C(O)COCC(O)C/C=C/C=C/C#C/C=C/C(O)COc1ccc(F)cc1. The Labute approximate surface area is 163 Å². The number of ether oxygens (including phenoxy) is 2. The lowest BCUT2D eigenvalue weighted by Gasteiger charge is -2.08. The van der Waals surface area contributed by atoms with Gasteiger partial charge in [0.2, 0.25) is 0 Å². The third-order valence-electron chi connectivity index (χ3n) is 3.09. The number of carboxylic acid groups (broad SMARTS) is 1. The molecule has 0 bridgehead atoms. The fourth-order valence-corrected chi connectivity index (χ4v) is 1.79. The van der Waals surface area contributed by atoms with Crippen LogP contribution in [-0.2, 0) is 9.53 Å². The summed E-state index contributed by atoms with van der Waals surface area (Å²) >= 11 is 0. The Morgan fingerprint density at radius 2 is 1.82 bits per heavy atom. The molecule has 0 spiro atoms. The van der Waals surface area contributed by atoms with Crippen molar-refractivity contribution in [1.82, 2.24) is 0 Å². The number of halogens is 1. The van der Waals surface area contributed by atoms with Gasteiger partial charge in [0.05, 0.1) is 12.7 Å². The number of carbonyl (C=O) groups is 1. The van der Waals surface area contributed by atoms with Crippen molar-refractivity contribution in [2.45, 2.75) is 18.6 Å². The van der Waals surface area contributed by atoms with Gasteiger partial charge in [0, 0.05) is 0 Å². The van der Waals surface area contributed by atoms with Gasteiger partial charge in [-0.1, -0.05) is 30.1 Å². The summed E-state index contributed by atoms with van der Waals surface area (Å²) in [5.74, 6) is 4.49. The Morgan fingerprint density at radius 3 is 2.54 bits per heavy atom. The second kappa shape index (κ2) is 14.2. The molecule has 6 nitrogen and oxygen atoms in total. The molecule has 2 unspecified atom stereocenters. The first-order valence-electron chi connectivity index (χ1n) is 8.51. The van der Waals surface area contributed by atoms with Crippen LogP contribution in [0, 0.1) is 17.7 Å². The van der Waals surface area contributed by atoms with Crippen molar-refractivity contribution in [3.63, 3.8) is 0 Å². The van der Waals surface area contributed by atoms with E-state index in [1.807, 2.05) is 0 Å². The minimum absolute atomic E-state index is 0.0287. The van der Waals surface area contributed by atoms with Crippen LogP contribution in [0.3, 0.4) is 0 Å². The topological polar surface area (TPSA) is 96.2 Å². The second-order valence-corrected chi connectivity index (χ2v) is 5.57. The number of rotatable bonds is 11. The minimum Gasteiger partial charge on any atom is -0.491 e. The van der Waals surface area contributed by atoms with Crippen molar-refractivity contribution < 1.29 is 34.0 Å². The Balaban J connectivity index is 2.19. The molecule has 0 fully saturated rings. The van der Waals surface area contributed by atoms with E-state index in [9.17, 15) is 19.4 Å². The fourth-order valence-electron chi connectivity index (χ4n) is 1.79. The molecule has 1 aromatic rings. The first-order valence-corrected chi connectivity index (χ1v) is 8.51. The minimum atomic E-state index is -1.08. The highest BCUT2D eigenvalue weighted by molar-refractivity contribution is 5.67. The molecular formula is C21H23FO6. The Bertz CT molecular complexity index is 728. The van der Waals surface area contributed by atoms with E-state index in [2.05, 4.69) is 11.8 Å². The van der Waals surface area contributed by atoms with E-state index in [1.165, 1.54) is 36.4 Å². The third-order valence-corrected chi connectivity index (χ3v) is 3.09. The average molecular weight is 390 g/mol. The van der Waals surface area contributed by atoms with Gasteiger partial charge in [-0.3, -0.25) is 0 Å². The number of benzene rings is 1. The molecule has 0 aliphatic heterocycles. The van der Waals surface area contributed by atoms with Crippen LogP contribution in [-0.4, -0.2) is 53.3 Å². The number of aliphatic hydroxyl groups excluding tert-OH is 2. The summed E-state index contributed by atoms with van der Waals surface area (Å²) in [4.78, 5) is 10.2. The van der Waals surface area contributed by atoms with Gasteiger partial charge in [0.15, 0.2) is 0 Å². The summed E-state index contributed by atoms with van der Waals surface area (Å²) in [7, 11) is 0. The average Bonchev–Trinajstić information content (AvgIpc) is 2.66. The van der Waals surface area contributed by atoms with Crippen LogP contribution in [0.2, 0.25) is 0 Å². The smallest absolute Gasteiger partial charge is 0.329 e. The Hall–Kier alpha value is -2.92. The molecule has 0 saturated carbocycles. The first-order chi connectivity index (χ1) is 13.5. The van der Waals surface area contributed by atoms with Gasteiger partial charge in [-0.05, 0) is 48.9 Å². The summed E-state index contributed by atoms with van der Waals surface area (Å²) in [6.07, 6.45) is 8.38. The molecule has 28 heavy (non-hydrogen) atoms. The predicted molar refractivity (Wildman–Crippen MR) is 102 cm³/mol. The summed E-state index contributed by atoms with van der Waals surface area (Å²) in [6.45, 7) is -0.449. The molecular weight excluding hydrogens is 367 g/mol. The number of hydrogen-bond acceptors (Lipinski definition) is 5. The zero-order valence-corrected chi connectivity index (χ0v) is 15.2. The number of carboxylic acids is 1. The quantitative estimate of drug-likeness (QED) is 0.396. The molecule has 7 heteroatoms. The normalized spacial score (nSPS) is 13.5. The maximum atomic E-state index is 12.8. The number of aliphatic hydroxyl groups is 2. The Morgan fingerprint density at radius 1 is 1.11 bits per heavy atom. The molecule has 0 aliphatic rings. The van der Waals surface area contributed by atoms with Gasteiger partial charge in [-0.25, -0.2) is 9.18 Å². The van der Waals surface area contributed by atoms with E-state index in [0.717, 1.165) is 0 Å². The molecule has 0 aliphatic carbocycles. The molecule has 1 aromatic carbocycles. The van der Waals surface area contributed by atoms with Crippen LogP contribution >= 0.6 is 0 Å². The van der Waals surface area contributed by atoms with E-state index in [0.29, 0.717) is 12.2 Å². The summed E-state index contributed by atoms with van der Waals surface area (Å²) in [5, 5.41) is 27.7. The van der Waals surface area contributed by atoms with Crippen molar-refractivity contribution in [1.29, 1.82) is 0 Å². The van der Waals surface area contributed by atoms with Crippen LogP contribution in [0.25, 0.3) is 0 Å². The van der Waals surface area contributed by atoms with Crippen molar-refractivity contribution >= 4 is 5.97 Å². The van der Waals surface area contributed by atoms with Crippen molar-refractivity contribution in [2.75, 3.05) is 19.8 Å². The van der Waals surface area contributed by atoms with Crippen LogP contribution < -0.4 is 4.74 Å². The maximum absolute atomic E-state index is 12.8. The van der Waals surface area contributed by atoms with E-state index in [4.69, 9.17) is 14.6 Å². The third kappa shape index (κ3) is 12.4. The van der Waals surface area contributed by atoms with Gasteiger partial charge < -0.3 is 24.8 Å². The standard InChI is InChI=1S/C21H23FO6/c22-17-10-12-20(13-11-17)28-15-19(24)9-7-5-3-1-2-4-6-8-18(23)14-27-16-21(25)26/h1-2,4,6-7,9-13,18-19,23-24H,8,14-16H2,(H,25,26)/b2-1+,6-4+,9-7+. The lowest BCUT2D eigenvalue weighted by molar-refractivity contribution is -0.143. The fraction of sp³-hybridized carbons (Fsp3) is 0.286. The molecule has 0 saturated heterocycles. The maximum Gasteiger partial charge on any atom is 0.329 e. The number of aliphatic carboxylic acids is 1. The monoisotopic (exact) mass is 390 g/mol. The highest BCUT2D eigenvalue weighted by atomic mass is 19.1. The second-order valence-electron chi connectivity index (χ2n) is 5.57. The van der Waals surface area contributed by atoms with Gasteiger partial charge in [-0.2, -0.15) is 0 Å². The van der Waals surface area contributed by atoms with Crippen molar-refractivity contribution in [3.05, 3.63) is 66.5 Å². The van der Waals surface area contributed by atoms with Crippen LogP contribution in [0.1, 0.15) is 6.42 Å². The van der Waals surface area contributed by atoms with Crippen LogP contribution in [0.4, 0.5) is 4.39 Å². The van der Waals surface area contributed by atoms with E-state index in [1.54, 1.807) is 24.3 Å². The number of hydrogen-bond donors (Lipinski definition) is 3. The molecule has 0 heterocycles. The van der Waals surface area contributed by atoms with Gasteiger partial charge in [-0.15, -0.1) is 0 Å². The van der Waals surface area contributed by atoms with E-state index < -0.39 is 24.8 Å². The molecule has 0 aromatic heterocycles.